The van der Waals surface area contributed by atoms with Gasteiger partial charge in [-0.05, 0) is 32.5 Å². The largest absolute Gasteiger partial charge is 0.395 e. The second kappa shape index (κ2) is 5.58. The molecule has 3 heteroatoms. The van der Waals surface area contributed by atoms with E-state index < -0.39 is 0 Å². The summed E-state index contributed by atoms with van der Waals surface area (Å²) in [5, 5.41) is 12.4. The first-order valence-corrected chi connectivity index (χ1v) is 5.40. The fraction of sp³-hybridized carbons (Fsp3) is 1.00. The van der Waals surface area contributed by atoms with Crippen LogP contribution in [0.15, 0.2) is 0 Å². The number of nitrogens with zero attached hydrogens (tertiary/aromatic N) is 1. The first-order chi connectivity index (χ1) is 6.31. The standard InChI is InChI=1S/C10H22N2O/c1-3-12(4-2)10-5-6-11-9(7-10)8-13/h9-11,13H,3-8H2,1-2H3. The zero-order valence-corrected chi connectivity index (χ0v) is 8.79. The van der Waals surface area contributed by atoms with Gasteiger partial charge in [-0.2, -0.15) is 0 Å². The van der Waals surface area contributed by atoms with Gasteiger partial charge in [0.2, 0.25) is 0 Å². The van der Waals surface area contributed by atoms with Crippen molar-refractivity contribution in [3.63, 3.8) is 0 Å². The van der Waals surface area contributed by atoms with Crippen LogP contribution in [0.2, 0.25) is 0 Å². The summed E-state index contributed by atoms with van der Waals surface area (Å²) >= 11 is 0. The van der Waals surface area contributed by atoms with Crippen molar-refractivity contribution in [1.29, 1.82) is 0 Å². The Balaban J connectivity index is 2.40. The van der Waals surface area contributed by atoms with E-state index in [1.165, 1.54) is 6.42 Å². The van der Waals surface area contributed by atoms with Crippen molar-refractivity contribution in [2.24, 2.45) is 0 Å². The normalized spacial score (nSPS) is 29.5. The van der Waals surface area contributed by atoms with Crippen LogP contribution in [0.1, 0.15) is 26.7 Å². The van der Waals surface area contributed by atoms with E-state index in [1.54, 1.807) is 0 Å². The van der Waals surface area contributed by atoms with Gasteiger partial charge >= 0.3 is 0 Å². The van der Waals surface area contributed by atoms with Crippen LogP contribution in [0.4, 0.5) is 0 Å². The summed E-state index contributed by atoms with van der Waals surface area (Å²) in [4.78, 5) is 2.49. The molecule has 1 aliphatic rings. The molecule has 1 heterocycles. The maximum Gasteiger partial charge on any atom is 0.0585 e. The minimum Gasteiger partial charge on any atom is -0.395 e. The molecule has 2 unspecified atom stereocenters. The highest BCUT2D eigenvalue weighted by molar-refractivity contribution is 4.83. The second-order valence-corrected chi connectivity index (χ2v) is 3.73. The molecule has 0 bridgehead atoms. The average Bonchev–Trinajstić information content (AvgIpc) is 2.20. The van der Waals surface area contributed by atoms with Gasteiger partial charge in [0.05, 0.1) is 6.61 Å². The summed E-state index contributed by atoms with van der Waals surface area (Å²) in [6, 6.07) is 0.993. The first kappa shape index (κ1) is 11.0. The molecule has 0 amide bonds. The fourth-order valence-electron chi connectivity index (χ4n) is 2.19. The number of aliphatic hydroxyl groups is 1. The Hall–Kier alpha value is -0.120. The molecule has 0 radical (unpaired) electrons. The average molecular weight is 186 g/mol. The molecule has 78 valence electrons. The van der Waals surface area contributed by atoms with Gasteiger partial charge in [0.1, 0.15) is 0 Å². The third-order valence-electron chi connectivity index (χ3n) is 3.02. The van der Waals surface area contributed by atoms with Crippen molar-refractivity contribution >= 4 is 0 Å². The van der Waals surface area contributed by atoms with E-state index in [4.69, 9.17) is 5.11 Å². The SMILES string of the molecule is CCN(CC)C1CCNC(CO)C1. The monoisotopic (exact) mass is 186 g/mol. The van der Waals surface area contributed by atoms with Gasteiger partial charge in [-0.25, -0.2) is 0 Å². The van der Waals surface area contributed by atoms with E-state index in [-0.39, 0.29) is 6.61 Å². The summed E-state index contributed by atoms with van der Waals surface area (Å²) in [5.74, 6) is 0. The summed E-state index contributed by atoms with van der Waals surface area (Å²) in [6.07, 6.45) is 2.32. The molecule has 2 N–H and O–H groups in total. The van der Waals surface area contributed by atoms with Crippen LogP contribution in [-0.4, -0.2) is 48.3 Å². The zero-order chi connectivity index (χ0) is 9.68. The van der Waals surface area contributed by atoms with Gasteiger partial charge in [-0.3, -0.25) is 0 Å². The van der Waals surface area contributed by atoms with Crippen LogP contribution in [0, 0.1) is 0 Å². The van der Waals surface area contributed by atoms with Crippen molar-refractivity contribution in [3.8, 4) is 0 Å². The topological polar surface area (TPSA) is 35.5 Å². The lowest BCUT2D eigenvalue weighted by Gasteiger charge is -2.36. The molecular formula is C10H22N2O. The van der Waals surface area contributed by atoms with E-state index in [0.29, 0.717) is 12.1 Å². The van der Waals surface area contributed by atoms with Crippen molar-refractivity contribution in [3.05, 3.63) is 0 Å². The van der Waals surface area contributed by atoms with Crippen LogP contribution < -0.4 is 5.32 Å². The molecular weight excluding hydrogens is 164 g/mol. The molecule has 1 rings (SSSR count). The number of nitrogens with one attached hydrogen (secondary N) is 1. The predicted molar refractivity (Wildman–Crippen MR) is 54.8 cm³/mol. The Morgan fingerprint density at radius 3 is 2.62 bits per heavy atom. The summed E-state index contributed by atoms with van der Waals surface area (Å²) < 4.78 is 0. The Morgan fingerprint density at radius 2 is 2.08 bits per heavy atom. The molecule has 0 aromatic carbocycles. The Bertz CT molecular complexity index is 137. The fourth-order valence-corrected chi connectivity index (χ4v) is 2.19. The predicted octanol–water partition coefficient (Wildman–Crippen LogP) is 0.441. The van der Waals surface area contributed by atoms with E-state index in [2.05, 4.69) is 24.1 Å². The lowest BCUT2D eigenvalue weighted by Crippen LogP contribution is -2.49. The minimum atomic E-state index is 0.276. The van der Waals surface area contributed by atoms with Crippen LogP contribution >= 0.6 is 0 Å². The third kappa shape index (κ3) is 2.93. The van der Waals surface area contributed by atoms with Crippen molar-refractivity contribution in [1.82, 2.24) is 10.2 Å². The van der Waals surface area contributed by atoms with E-state index >= 15 is 0 Å². The highest BCUT2D eigenvalue weighted by atomic mass is 16.3. The first-order valence-electron chi connectivity index (χ1n) is 5.40. The molecule has 0 aliphatic carbocycles. The summed E-state index contributed by atoms with van der Waals surface area (Å²) in [5.41, 5.74) is 0. The lowest BCUT2D eigenvalue weighted by molar-refractivity contribution is 0.129. The maximum atomic E-state index is 9.05. The smallest absolute Gasteiger partial charge is 0.0585 e. The molecule has 1 fully saturated rings. The number of hydrogen-bond acceptors (Lipinski definition) is 3. The highest BCUT2D eigenvalue weighted by Crippen LogP contribution is 2.14. The van der Waals surface area contributed by atoms with Crippen molar-refractivity contribution in [2.75, 3.05) is 26.2 Å². The molecule has 0 aromatic rings. The van der Waals surface area contributed by atoms with Gasteiger partial charge < -0.3 is 15.3 Å². The minimum absolute atomic E-state index is 0.276. The molecule has 0 spiro atoms. The molecule has 0 aromatic heterocycles. The van der Waals surface area contributed by atoms with Gasteiger partial charge in [0, 0.05) is 12.1 Å². The van der Waals surface area contributed by atoms with Gasteiger partial charge in [-0.15, -0.1) is 0 Å². The molecule has 0 saturated carbocycles. The molecule has 1 saturated heterocycles. The lowest BCUT2D eigenvalue weighted by atomic mass is 9.98. The Morgan fingerprint density at radius 1 is 1.38 bits per heavy atom. The quantitative estimate of drug-likeness (QED) is 0.669. The second-order valence-electron chi connectivity index (χ2n) is 3.73. The molecule has 2 atom stereocenters. The number of rotatable bonds is 4. The van der Waals surface area contributed by atoms with Gasteiger partial charge in [0.15, 0.2) is 0 Å². The molecule has 13 heavy (non-hydrogen) atoms. The summed E-state index contributed by atoms with van der Waals surface area (Å²) in [7, 11) is 0. The summed E-state index contributed by atoms with van der Waals surface area (Å²) in [6.45, 7) is 7.99. The Labute approximate surface area is 81.1 Å². The van der Waals surface area contributed by atoms with Gasteiger partial charge in [0.25, 0.3) is 0 Å². The third-order valence-corrected chi connectivity index (χ3v) is 3.02. The van der Waals surface area contributed by atoms with Crippen molar-refractivity contribution < 1.29 is 5.11 Å². The van der Waals surface area contributed by atoms with Crippen molar-refractivity contribution in [2.45, 2.75) is 38.8 Å². The molecule has 3 nitrogen and oxygen atoms in total. The Kier molecular flexibility index (Phi) is 4.70. The van der Waals surface area contributed by atoms with Crippen LogP contribution in [0.25, 0.3) is 0 Å². The maximum absolute atomic E-state index is 9.05. The number of hydrogen-bond donors (Lipinski definition) is 2. The van der Waals surface area contributed by atoms with Crippen LogP contribution in [0.3, 0.4) is 0 Å². The molecule has 1 aliphatic heterocycles. The highest BCUT2D eigenvalue weighted by Gasteiger charge is 2.23. The van der Waals surface area contributed by atoms with Crippen LogP contribution in [-0.2, 0) is 0 Å². The number of piperidine rings is 1. The van der Waals surface area contributed by atoms with Gasteiger partial charge in [-0.1, -0.05) is 13.8 Å². The van der Waals surface area contributed by atoms with E-state index in [9.17, 15) is 0 Å². The van der Waals surface area contributed by atoms with E-state index in [1.807, 2.05) is 0 Å². The van der Waals surface area contributed by atoms with E-state index in [0.717, 1.165) is 26.1 Å². The zero-order valence-electron chi connectivity index (χ0n) is 8.79. The number of aliphatic hydroxyl groups excluding tert-OH is 1. The van der Waals surface area contributed by atoms with Crippen LogP contribution in [0.5, 0.6) is 0 Å².